The van der Waals surface area contributed by atoms with Crippen molar-refractivity contribution in [1.82, 2.24) is 0 Å². The largest absolute Gasteiger partial charge is 0.497 e. The van der Waals surface area contributed by atoms with E-state index < -0.39 is 0 Å². The molecule has 0 radical (unpaired) electrons. The molecule has 0 amide bonds. The number of hydrogen-bond acceptors (Lipinski definition) is 2. The second-order valence-electron chi connectivity index (χ2n) is 6.01. The van der Waals surface area contributed by atoms with Gasteiger partial charge in [-0.2, -0.15) is 0 Å². The Kier molecular flexibility index (Phi) is 3.11. The molecule has 2 rings (SSSR count). The van der Waals surface area contributed by atoms with Gasteiger partial charge in [0.1, 0.15) is 5.76 Å². The molecule has 4 atom stereocenters. The Labute approximate surface area is 104 Å². The van der Waals surface area contributed by atoms with Crippen molar-refractivity contribution in [2.24, 2.45) is 23.2 Å². The van der Waals surface area contributed by atoms with Gasteiger partial charge in [0.05, 0.1) is 13.2 Å². The Hall–Kier alpha value is -0.760. The molecule has 0 saturated carbocycles. The van der Waals surface area contributed by atoms with Crippen LogP contribution < -0.4 is 0 Å². The van der Waals surface area contributed by atoms with E-state index in [2.05, 4.69) is 40.7 Å². The Morgan fingerprint density at radius 3 is 2.65 bits per heavy atom. The third-order valence-electron chi connectivity index (χ3n) is 4.88. The third kappa shape index (κ3) is 1.65. The predicted molar refractivity (Wildman–Crippen MR) is 69.4 cm³/mol. The Balaban J connectivity index is 2.52. The smallest absolute Gasteiger partial charge is 0.102 e. The first kappa shape index (κ1) is 12.7. The SMILES string of the molecule is CC1=C[C@@H](C)[C@@]2(CO)COC(=C(C)C)[C@@H]1[C@@H]2C. The molecule has 1 aliphatic carbocycles. The van der Waals surface area contributed by atoms with Crippen molar-refractivity contribution in [1.29, 1.82) is 0 Å². The van der Waals surface area contributed by atoms with Crippen LogP contribution in [-0.2, 0) is 4.74 Å². The molecule has 1 saturated heterocycles. The summed E-state index contributed by atoms with van der Waals surface area (Å²) in [5, 5.41) is 9.82. The van der Waals surface area contributed by atoms with Crippen LogP contribution in [0.2, 0.25) is 0 Å². The summed E-state index contributed by atoms with van der Waals surface area (Å²) in [6, 6.07) is 0. The van der Waals surface area contributed by atoms with Gasteiger partial charge in [0.15, 0.2) is 0 Å². The quantitative estimate of drug-likeness (QED) is 0.709. The van der Waals surface area contributed by atoms with E-state index in [-0.39, 0.29) is 12.0 Å². The van der Waals surface area contributed by atoms with Gasteiger partial charge in [0.2, 0.25) is 0 Å². The number of allylic oxidation sites excluding steroid dienone is 3. The number of hydrogen-bond donors (Lipinski definition) is 1. The van der Waals surface area contributed by atoms with E-state index in [0.29, 0.717) is 24.4 Å². The van der Waals surface area contributed by atoms with Gasteiger partial charge in [-0.05, 0) is 38.2 Å². The van der Waals surface area contributed by atoms with Crippen LogP contribution in [0.5, 0.6) is 0 Å². The summed E-state index contributed by atoms with van der Waals surface area (Å²) >= 11 is 0. The molecule has 2 aliphatic rings. The van der Waals surface area contributed by atoms with E-state index in [1.165, 1.54) is 11.1 Å². The van der Waals surface area contributed by atoms with Crippen molar-refractivity contribution < 1.29 is 9.84 Å². The maximum absolute atomic E-state index is 9.82. The van der Waals surface area contributed by atoms with E-state index in [1.807, 2.05) is 0 Å². The minimum atomic E-state index is -0.0941. The fourth-order valence-corrected chi connectivity index (χ4v) is 3.59. The Bertz CT molecular complexity index is 376. The van der Waals surface area contributed by atoms with Gasteiger partial charge in [-0.15, -0.1) is 0 Å². The fraction of sp³-hybridized carbons (Fsp3) is 0.733. The van der Waals surface area contributed by atoms with Gasteiger partial charge in [-0.1, -0.05) is 25.5 Å². The first-order chi connectivity index (χ1) is 7.94. The summed E-state index contributed by atoms with van der Waals surface area (Å²) < 4.78 is 5.99. The van der Waals surface area contributed by atoms with Crippen molar-refractivity contribution >= 4 is 0 Å². The van der Waals surface area contributed by atoms with E-state index in [4.69, 9.17) is 4.74 Å². The van der Waals surface area contributed by atoms with Crippen molar-refractivity contribution in [3.8, 4) is 0 Å². The lowest BCUT2D eigenvalue weighted by Gasteiger charge is -2.53. The third-order valence-corrected chi connectivity index (χ3v) is 4.88. The van der Waals surface area contributed by atoms with Gasteiger partial charge in [-0.3, -0.25) is 0 Å². The molecule has 0 spiro atoms. The number of ether oxygens (including phenoxy) is 1. The zero-order valence-corrected chi connectivity index (χ0v) is 11.6. The van der Waals surface area contributed by atoms with Crippen LogP contribution in [0.3, 0.4) is 0 Å². The minimum absolute atomic E-state index is 0.0941. The number of rotatable bonds is 1. The summed E-state index contributed by atoms with van der Waals surface area (Å²) in [7, 11) is 0. The molecular formula is C15H24O2. The molecule has 1 N–H and O–H groups in total. The van der Waals surface area contributed by atoms with Crippen LogP contribution in [0.25, 0.3) is 0 Å². The fourth-order valence-electron chi connectivity index (χ4n) is 3.59. The molecule has 0 aromatic rings. The van der Waals surface area contributed by atoms with Crippen molar-refractivity contribution in [3.05, 3.63) is 23.0 Å². The molecule has 1 heterocycles. The molecule has 96 valence electrons. The summed E-state index contributed by atoms with van der Waals surface area (Å²) in [4.78, 5) is 0. The maximum Gasteiger partial charge on any atom is 0.102 e. The lowest BCUT2D eigenvalue weighted by atomic mass is 9.57. The summed E-state index contributed by atoms with van der Waals surface area (Å²) in [5.41, 5.74) is 2.56. The van der Waals surface area contributed by atoms with Crippen LogP contribution in [0.4, 0.5) is 0 Å². The summed E-state index contributed by atoms with van der Waals surface area (Å²) in [6.45, 7) is 11.7. The lowest BCUT2D eigenvalue weighted by molar-refractivity contribution is -0.0933. The molecule has 1 fully saturated rings. The minimum Gasteiger partial charge on any atom is -0.497 e. The highest BCUT2D eigenvalue weighted by Gasteiger charge is 2.52. The van der Waals surface area contributed by atoms with Crippen molar-refractivity contribution in [2.75, 3.05) is 13.2 Å². The highest BCUT2D eigenvalue weighted by molar-refractivity contribution is 5.29. The van der Waals surface area contributed by atoms with Crippen molar-refractivity contribution in [3.63, 3.8) is 0 Å². The van der Waals surface area contributed by atoms with Crippen LogP contribution >= 0.6 is 0 Å². The highest BCUT2D eigenvalue weighted by atomic mass is 16.5. The second kappa shape index (κ2) is 4.16. The first-order valence-electron chi connectivity index (χ1n) is 6.53. The molecule has 0 aromatic carbocycles. The lowest BCUT2D eigenvalue weighted by Crippen LogP contribution is -2.52. The van der Waals surface area contributed by atoms with E-state index >= 15 is 0 Å². The molecule has 0 unspecified atom stereocenters. The molecule has 2 bridgehead atoms. The Morgan fingerprint density at radius 2 is 2.12 bits per heavy atom. The normalized spacial score (nSPS) is 40.7. The van der Waals surface area contributed by atoms with Gasteiger partial charge in [0, 0.05) is 11.3 Å². The van der Waals surface area contributed by atoms with Crippen LogP contribution in [0, 0.1) is 23.2 Å². The molecular weight excluding hydrogens is 212 g/mol. The van der Waals surface area contributed by atoms with E-state index in [9.17, 15) is 5.11 Å². The van der Waals surface area contributed by atoms with Gasteiger partial charge < -0.3 is 9.84 Å². The number of fused-ring (bicyclic) bond motifs is 2. The average molecular weight is 236 g/mol. The van der Waals surface area contributed by atoms with Crippen LogP contribution in [0.1, 0.15) is 34.6 Å². The standard InChI is InChI=1S/C15H24O2/c1-9(2)14-13-10(3)6-11(4)15(7-16,8-17-14)12(13)5/h6,11-13,16H,7-8H2,1-5H3/t11-,12+,13+,15-/m1/s1. The first-order valence-corrected chi connectivity index (χ1v) is 6.53. The van der Waals surface area contributed by atoms with Crippen LogP contribution in [0.15, 0.2) is 23.0 Å². The zero-order chi connectivity index (χ0) is 12.8. The number of aliphatic hydroxyl groups is 1. The van der Waals surface area contributed by atoms with Crippen molar-refractivity contribution in [2.45, 2.75) is 34.6 Å². The van der Waals surface area contributed by atoms with Gasteiger partial charge in [-0.25, -0.2) is 0 Å². The van der Waals surface area contributed by atoms with Crippen LogP contribution in [-0.4, -0.2) is 18.3 Å². The zero-order valence-electron chi connectivity index (χ0n) is 11.6. The number of aliphatic hydroxyl groups excluding tert-OH is 1. The van der Waals surface area contributed by atoms with E-state index in [0.717, 1.165) is 5.76 Å². The van der Waals surface area contributed by atoms with Gasteiger partial charge in [0.25, 0.3) is 0 Å². The Morgan fingerprint density at radius 1 is 1.47 bits per heavy atom. The maximum atomic E-state index is 9.82. The molecule has 17 heavy (non-hydrogen) atoms. The summed E-state index contributed by atoms with van der Waals surface area (Å²) in [6.07, 6.45) is 2.33. The molecule has 1 aliphatic heterocycles. The van der Waals surface area contributed by atoms with E-state index in [1.54, 1.807) is 0 Å². The molecule has 2 heteroatoms. The molecule has 0 aromatic heterocycles. The summed E-state index contributed by atoms with van der Waals surface area (Å²) in [5.74, 6) is 2.32. The average Bonchev–Trinajstić information content (AvgIpc) is 2.26. The predicted octanol–water partition coefficient (Wildman–Crippen LogP) is 3.14. The topological polar surface area (TPSA) is 29.5 Å². The second-order valence-corrected chi connectivity index (χ2v) is 6.01. The molecule has 2 nitrogen and oxygen atoms in total. The monoisotopic (exact) mass is 236 g/mol. The highest BCUT2D eigenvalue weighted by Crippen LogP contribution is 2.53. The van der Waals surface area contributed by atoms with Gasteiger partial charge >= 0.3 is 0 Å².